The molecular formula is C10H17NO2S. The lowest BCUT2D eigenvalue weighted by Crippen LogP contribution is -2.32. The monoisotopic (exact) mass is 215 g/mol. The van der Waals surface area contributed by atoms with Crippen LogP contribution in [0.2, 0.25) is 0 Å². The number of esters is 1. The van der Waals surface area contributed by atoms with Gasteiger partial charge in [0.2, 0.25) is 0 Å². The first-order valence-corrected chi connectivity index (χ1v) is 5.68. The van der Waals surface area contributed by atoms with Gasteiger partial charge in [-0.15, -0.1) is 11.8 Å². The van der Waals surface area contributed by atoms with Crippen LogP contribution in [0, 0.1) is 11.8 Å². The molecule has 0 bridgehead atoms. The molecule has 3 nitrogen and oxygen atoms in total. The molecule has 0 heterocycles. The molecule has 0 aliphatic rings. The number of hydrogen-bond donors (Lipinski definition) is 1. The van der Waals surface area contributed by atoms with Gasteiger partial charge in [-0.25, -0.2) is 0 Å². The lowest BCUT2D eigenvalue weighted by molar-refractivity contribution is -0.142. The van der Waals surface area contributed by atoms with E-state index in [1.165, 1.54) is 7.11 Å². The second-order valence-corrected chi connectivity index (χ2v) is 3.93. The summed E-state index contributed by atoms with van der Waals surface area (Å²) in [6.07, 6.45) is 1.56. The minimum Gasteiger partial charge on any atom is -0.468 e. The molecule has 0 radical (unpaired) electrons. The maximum Gasteiger partial charge on any atom is 0.322 e. The summed E-state index contributed by atoms with van der Waals surface area (Å²) in [6.45, 7) is 1.83. The van der Waals surface area contributed by atoms with Crippen LogP contribution >= 0.6 is 11.8 Å². The number of rotatable bonds is 6. The van der Waals surface area contributed by atoms with Crippen LogP contribution < -0.4 is 5.73 Å². The standard InChI is InChI=1S/C10H17NO2S/c1-3-4-5-7-14-8-6-9(11)10(12)13-2/h9H,5-8,11H2,1-2H3. The zero-order valence-electron chi connectivity index (χ0n) is 8.71. The molecule has 0 aliphatic carbocycles. The number of methoxy groups -OCH3 is 1. The lowest BCUT2D eigenvalue weighted by atomic mass is 10.2. The maximum absolute atomic E-state index is 10.9. The molecule has 0 saturated carbocycles. The van der Waals surface area contributed by atoms with Gasteiger partial charge >= 0.3 is 5.97 Å². The number of nitrogens with two attached hydrogens (primary N) is 1. The third-order valence-corrected chi connectivity index (χ3v) is 2.64. The van der Waals surface area contributed by atoms with Gasteiger partial charge in [-0.1, -0.05) is 0 Å². The second-order valence-electron chi connectivity index (χ2n) is 2.71. The lowest BCUT2D eigenvalue weighted by Gasteiger charge is -2.07. The number of carbonyl (C=O) groups excluding carboxylic acids is 1. The normalized spacial score (nSPS) is 11.4. The molecule has 0 aromatic rings. The van der Waals surface area contributed by atoms with Gasteiger partial charge < -0.3 is 10.5 Å². The number of hydrogen-bond acceptors (Lipinski definition) is 4. The van der Waals surface area contributed by atoms with Gasteiger partial charge in [0.1, 0.15) is 6.04 Å². The Bertz CT molecular complexity index is 220. The van der Waals surface area contributed by atoms with Crippen LogP contribution in [0.15, 0.2) is 0 Å². The summed E-state index contributed by atoms with van der Waals surface area (Å²) < 4.78 is 4.51. The van der Waals surface area contributed by atoms with Crippen molar-refractivity contribution in [3.05, 3.63) is 0 Å². The van der Waals surface area contributed by atoms with Crippen LogP contribution in [0.25, 0.3) is 0 Å². The Morgan fingerprint density at radius 1 is 1.57 bits per heavy atom. The largest absolute Gasteiger partial charge is 0.468 e. The van der Waals surface area contributed by atoms with Crippen molar-refractivity contribution in [2.45, 2.75) is 25.8 Å². The summed E-state index contributed by atoms with van der Waals surface area (Å²) in [7, 11) is 1.35. The van der Waals surface area contributed by atoms with Crippen LogP contribution in [-0.4, -0.2) is 30.6 Å². The molecule has 14 heavy (non-hydrogen) atoms. The average molecular weight is 215 g/mol. The Kier molecular flexibility index (Phi) is 8.50. The summed E-state index contributed by atoms with van der Waals surface area (Å²) in [5.41, 5.74) is 5.55. The van der Waals surface area contributed by atoms with E-state index in [9.17, 15) is 4.79 Å². The van der Waals surface area contributed by atoms with E-state index < -0.39 is 6.04 Å². The highest BCUT2D eigenvalue weighted by Gasteiger charge is 2.12. The van der Waals surface area contributed by atoms with Crippen molar-refractivity contribution < 1.29 is 9.53 Å². The third-order valence-electron chi connectivity index (χ3n) is 1.63. The first-order valence-electron chi connectivity index (χ1n) is 4.53. The highest BCUT2D eigenvalue weighted by Crippen LogP contribution is 2.05. The van der Waals surface area contributed by atoms with Crippen LogP contribution in [0.4, 0.5) is 0 Å². The Morgan fingerprint density at radius 3 is 2.86 bits per heavy atom. The van der Waals surface area contributed by atoms with Crippen molar-refractivity contribution in [1.29, 1.82) is 0 Å². The fourth-order valence-corrected chi connectivity index (χ4v) is 1.70. The van der Waals surface area contributed by atoms with E-state index in [0.717, 1.165) is 17.9 Å². The number of ether oxygens (including phenoxy) is 1. The van der Waals surface area contributed by atoms with Crippen molar-refractivity contribution in [2.24, 2.45) is 5.73 Å². The Balaban J connectivity index is 3.34. The van der Waals surface area contributed by atoms with Crippen LogP contribution in [0.5, 0.6) is 0 Å². The van der Waals surface area contributed by atoms with Crippen molar-refractivity contribution in [3.8, 4) is 11.8 Å². The van der Waals surface area contributed by atoms with E-state index in [2.05, 4.69) is 16.6 Å². The third kappa shape index (κ3) is 6.81. The smallest absolute Gasteiger partial charge is 0.322 e. The Morgan fingerprint density at radius 2 is 2.29 bits per heavy atom. The van der Waals surface area contributed by atoms with Crippen LogP contribution in [0.3, 0.4) is 0 Å². The molecule has 0 spiro atoms. The molecule has 0 amide bonds. The zero-order chi connectivity index (χ0) is 10.8. The molecule has 80 valence electrons. The maximum atomic E-state index is 10.9. The van der Waals surface area contributed by atoms with Crippen LogP contribution in [0.1, 0.15) is 19.8 Å². The Labute approximate surface area is 89.8 Å². The molecule has 0 aromatic heterocycles. The Hall–Kier alpha value is -0.660. The van der Waals surface area contributed by atoms with Crippen molar-refractivity contribution >= 4 is 17.7 Å². The van der Waals surface area contributed by atoms with Gasteiger partial charge in [-0.2, -0.15) is 11.8 Å². The SMILES string of the molecule is CC#CCCSCCC(N)C(=O)OC. The second kappa shape index (κ2) is 8.92. The zero-order valence-corrected chi connectivity index (χ0v) is 9.52. The van der Waals surface area contributed by atoms with Gasteiger partial charge in [-0.3, -0.25) is 4.79 Å². The molecule has 1 unspecified atom stereocenters. The molecule has 0 aliphatic heterocycles. The fourth-order valence-electron chi connectivity index (χ4n) is 0.830. The number of thioether (sulfide) groups is 1. The first-order chi connectivity index (χ1) is 6.72. The summed E-state index contributed by atoms with van der Waals surface area (Å²) in [6, 6.07) is -0.482. The molecule has 0 fully saturated rings. The first kappa shape index (κ1) is 13.3. The highest BCUT2D eigenvalue weighted by atomic mass is 32.2. The van der Waals surface area contributed by atoms with E-state index in [1.54, 1.807) is 11.8 Å². The summed E-state index contributed by atoms with van der Waals surface area (Å²) >= 11 is 1.76. The quantitative estimate of drug-likeness (QED) is 0.408. The molecular weight excluding hydrogens is 198 g/mol. The van der Waals surface area contributed by atoms with E-state index in [0.29, 0.717) is 6.42 Å². The van der Waals surface area contributed by atoms with E-state index in [1.807, 2.05) is 6.92 Å². The summed E-state index contributed by atoms with van der Waals surface area (Å²) in [5.74, 6) is 7.35. The highest BCUT2D eigenvalue weighted by molar-refractivity contribution is 7.99. The van der Waals surface area contributed by atoms with Gasteiger partial charge in [0, 0.05) is 12.2 Å². The molecule has 1 atom stereocenters. The predicted octanol–water partition coefficient (Wildman–Crippen LogP) is 1.02. The van der Waals surface area contributed by atoms with E-state index >= 15 is 0 Å². The van der Waals surface area contributed by atoms with Gasteiger partial charge in [0.15, 0.2) is 0 Å². The summed E-state index contributed by atoms with van der Waals surface area (Å²) in [5, 5.41) is 0. The predicted molar refractivity (Wildman–Crippen MR) is 60.0 cm³/mol. The molecule has 0 aromatic carbocycles. The van der Waals surface area contributed by atoms with E-state index in [4.69, 9.17) is 5.73 Å². The average Bonchev–Trinajstić information content (AvgIpc) is 2.21. The van der Waals surface area contributed by atoms with Gasteiger partial charge in [-0.05, 0) is 19.1 Å². The summed E-state index contributed by atoms with van der Waals surface area (Å²) in [4.78, 5) is 10.9. The topological polar surface area (TPSA) is 52.3 Å². The van der Waals surface area contributed by atoms with Gasteiger partial charge in [0.05, 0.1) is 7.11 Å². The minimum atomic E-state index is -0.482. The van der Waals surface area contributed by atoms with Gasteiger partial charge in [0.25, 0.3) is 0 Å². The molecule has 0 saturated heterocycles. The fraction of sp³-hybridized carbons (Fsp3) is 0.700. The molecule has 0 rings (SSSR count). The minimum absolute atomic E-state index is 0.334. The van der Waals surface area contributed by atoms with E-state index in [-0.39, 0.29) is 5.97 Å². The van der Waals surface area contributed by atoms with Crippen molar-refractivity contribution in [1.82, 2.24) is 0 Å². The van der Waals surface area contributed by atoms with Crippen molar-refractivity contribution in [2.75, 3.05) is 18.6 Å². The van der Waals surface area contributed by atoms with Crippen molar-refractivity contribution in [3.63, 3.8) is 0 Å². The number of carbonyl (C=O) groups is 1. The molecule has 4 heteroatoms. The van der Waals surface area contributed by atoms with Crippen LogP contribution in [-0.2, 0) is 9.53 Å². The molecule has 2 N–H and O–H groups in total.